The van der Waals surface area contributed by atoms with Gasteiger partial charge in [-0.2, -0.15) is 0 Å². The Morgan fingerprint density at radius 2 is 1.73 bits per heavy atom. The van der Waals surface area contributed by atoms with Crippen LogP contribution in [0.2, 0.25) is 5.02 Å². The van der Waals surface area contributed by atoms with E-state index < -0.39 is 0 Å². The van der Waals surface area contributed by atoms with Crippen LogP contribution in [0, 0.1) is 10.1 Å². The van der Waals surface area contributed by atoms with Gasteiger partial charge in [-0.1, -0.05) is 36.6 Å². The fourth-order valence-corrected chi connectivity index (χ4v) is 4.54. The summed E-state index contributed by atoms with van der Waals surface area (Å²) in [6, 6.07) is 13.1. The summed E-state index contributed by atoms with van der Waals surface area (Å²) in [6.45, 7) is 4.22. The smallest absolute Gasteiger partial charge is 0.270 e. The molecule has 2 saturated heterocycles. The van der Waals surface area contributed by atoms with Crippen LogP contribution < -0.4 is 4.90 Å². The molecule has 0 N–H and O–H groups in total. The largest absolute Gasteiger partial charge is 0.371 e. The third-order valence-electron chi connectivity index (χ3n) is 5.93. The number of benzene rings is 2. The van der Waals surface area contributed by atoms with Gasteiger partial charge in [-0.25, -0.2) is 0 Å². The Labute approximate surface area is 182 Å². The first-order chi connectivity index (χ1) is 14.6. The minimum atomic E-state index is -0.317. The highest BCUT2D eigenvalue weighted by Crippen LogP contribution is 2.37. The number of non-ortho nitro benzene ring substituents is 1. The van der Waals surface area contributed by atoms with Crippen LogP contribution in [-0.4, -0.2) is 36.1 Å². The van der Waals surface area contributed by atoms with Gasteiger partial charge in [0.05, 0.1) is 11.5 Å². The minimum absolute atomic E-state index is 0.115. The number of anilines is 1. The molecule has 0 unspecified atom stereocenters. The van der Waals surface area contributed by atoms with Crippen molar-refractivity contribution in [2.24, 2.45) is 0 Å². The zero-order valence-corrected chi connectivity index (χ0v) is 17.9. The maximum atomic E-state index is 11.5. The lowest BCUT2D eigenvalue weighted by molar-refractivity contribution is -0.385. The highest BCUT2D eigenvalue weighted by Gasteiger charge is 2.30. The first-order valence-corrected chi connectivity index (χ1v) is 11.1. The van der Waals surface area contributed by atoms with Crippen molar-refractivity contribution in [2.45, 2.75) is 44.9 Å². The second-order valence-corrected chi connectivity index (χ2v) is 8.51. The molecule has 1 atom stereocenters. The van der Waals surface area contributed by atoms with Crippen LogP contribution in [0.1, 0.15) is 49.5 Å². The van der Waals surface area contributed by atoms with Crippen molar-refractivity contribution in [2.75, 3.05) is 31.1 Å². The summed E-state index contributed by atoms with van der Waals surface area (Å²) < 4.78 is 6.22. The lowest BCUT2D eigenvalue weighted by atomic mass is 10.1. The Morgan fingerprint density at radius 1 is 1.00 bits per heavy atom. The van der Waals surface area contributed by atoms with Crippen molar-refractivity contribution in [1.29, 1.82) is 0 Å². The molecular formula is C23H28ClN3O3. The van der Waals surface area contributed by atoms with Gasteiger partial charge in [0.1, 0.15) is 6.23 Å². The molecule has 2 aromatic rings. The van der Waals surface area contributed by atoms with Crippen LogP contribution in [0.5, 0.6) is 0 Å². The Morgan fingerprint density at radius 3 is 2.43 bits per heavy atom. The van der Waals surface area contributed by atoms with Gasteiger partial charge in [0.2, 0.25) is 0 Å². The zero-order chi connectivity index (χ0) is 20.9. The lowest BCUT2D eigenvalue weighted by Gasteiger charge is -2.38. The number of ether oxygens (including phenoxy) is 1. The van der Waals surface area contributed by atoms with Crippen molar-refractivity contribution < 1.29 is 9.66 Å². The van der Waals surface area contributed by atoms with Crippen molar-refractivity contribution in [1.82, 2.24) is 4.90 Å². The number of nitro benzene ring substituents is 1. The Balaban J connectivity index is 1.68. The quantitative estimate of drug-likeness (QED) is 0.460. The Bertz CT molecular complexity index is 866. The Kier molecular flexibility index (Phi) is 6.87. The van der Waals surface area contributed by atoms with Gasteiger partial charge >= 0.3 is 0 Å². The number of hydrogen-bond donors (Lipinski definition) is 0. The van der Waals surface area contributed by atoms with Crippen molar-refractivity contribution in [3.05, 3.63) is 68.7 Å². The summed E-state index contributed by atoms with van der Waals surface area (Å²) in [5.74, 6) is 0. The van der Waals surface area contributed by atoms with Crippen molar-refractivity contribution in [3.8, 4) is 0 Å². The average molecular weight is 430 g/mol. The van der Waals surface area contributed by atoms with E-state index in [1.807, 2.05) is 30.3 Å². The van der Waals surface area contributed by atoms with Gasteiger partial charge in [-0.15, -0.1) is 0 Å². The lowest BCUT2D eigenvalue weighted by Crippen LogP contribution is -2.37. The molecule has 7 heteroatoms. The predicted octanol–water partition coefficient (Wildman–Crippen LogP) is 5.55. The van der Waals surface area contributed by atoms with Crippen LogP contribution in [0.25, 0.3) is 0 Å². The molecule has 2 heterocycles. The van der Waals surface area contributed by atoms with Crippen LogP contribution in [0.3, 0.4) is 0 Å². The van der Waals surface area contributed by atoms with E-state index in [-0.39, 0.29) is 16.8 Å². The van der Waals surface area contributed by atoms with E-state index in [1.165, 1.54) is 12.8 Å². The minimum Gasteiger partial charge on any atom is -0.371 e. The monoisotopic (exact) mass is 429 g/mol. The van der Waals surface area contributed by atoms with E-state index in [4.69, 9.17) is 16.3 Å². The van der Waals surface area contributed by atoms with Gasteiger partial charge in [0.15, 0.2) is 0 Å². The average Bonchev–Trinajstić information content (AvgIpc) is 3.05. The molecule has 30 heavy (non-hydrogen) atoms. The molecule has 4 rings (SSSR count). The van der Waals surface area contributed by atoms with Gasteiger partial charge in [-0.3, -0.25) is 15.0 Å². The molecule has 0 aromatic heterocycles. The molecule has 0 bridgehead atoms. The fraction of sp³-hybridized carbons (Fsp3) is 0.478. The van der Waals surface area contributed by atoms with E-state index >= 15 is 0 Å². The maximum Gasteiger partial charge on any atom is 0.270 e. The topological polar surface area (TPSA) is 58.9 Å². The van der Waals surface area contributed by atoms with Crippen molar-refractivity contribution >= 4 is 23.0 Å². The Hall–Kier alpha value is -2.15. The molecule has 0 radical (unpaired) electrons. The first kappa shape index (κ1) is 21.1. The van der Waals surface area contributed by atoms with Crippen LogP contribution in [-0.2, 0) is 11.3 Å². The molecule has 6 nitrogen and oxygen atoms in total. The second kappa shape index (κ2) is 9.77. The molecule has 2 fully saturated rings. The highest BCUT2D eigenvalue weighted by molar-refractivity contribution is 6.30. The molecule has 2 aromatic carbocycles. The van der Waals surface area contributed by atoms with E-state index in [0.29, 0.717) is 18.2 Å². The molecule has 0 aliphatic carbocycles. The third kappa shape index (κ3) is 4.94. The van der Waals surface area contributed by atoms with Crippen molar-refractivity contribution in [3.63, 3.8) is 0 Å². The summed E-state index contributed by atoms with van der Waals surface area (Å²) in [6.07, 6.45) is 5.42. The normalized spacial score (nSPS) is 20.7. The summed E-state index contributed by atoms with van der Waals surface area (Å²) in [5, 5.41) is 12.2. The van der Waals surface area contributed by atoms with Gasteiger partial charge < -0.3 is 9.64 Å². The summed E-state index contributed by atoms with van der Waals surface area (Å²) in [5.41, 5.74) is 3.23. The van der Waals surface area contributed by atoms with Crippen LogP contribution in [0.15, 0.2) is 42.5 Å². The molecule has 160 valence electrons. The number of halogens is 1. The first-order valence-electron chi connectivity index (χ1n) is 10.8. The zero-order valence-electron chi connectivity index (χ0n) is 17.1. The molecule has 0 saturated carbocycles. The van der Waals surface area contributed by atoms with Gasteiger partial charge in [-0.05, 0) is 43.0 Å². The van der Waals surface area contributed by atoms with E-state index in [9.17, 15) is 10.1 Å². The number of nitrogens with zero attached hydrogens (tertiary/aromatic N) is 3. The van der Waals surface area contributed by atoms with Gasteiger partial charge in [0.25, 0.3) is 5.69 Å². The molecule has 0 amide bonds. The number of nitro groups is 1. The maximum absolute atomic E-state index is 11.5. The SMILES string of the molecule is O=[N+]([O-])c1ccc(N2CCCCCC2)c([C@@H]2OCCCN2Cc2ccc(Cl)cc2)c1. The predicted molar refractivity (Wildman–Crippen MR) is 119 cm³/mol. The van der Waals surface area contributed by atoms with Crippen LogP contribution >= 0.6 is 11.6 Å². The summed E-state index contributed by atoms with van der Waals surface area (Å²) in [4.78, 5) is 15.8. The van der Waals surface area contributed by atoms with E-state index in [0.717, 1.165) is 55.7 Å². The highest BCUT2D eigenvalue weighted by atomic mass is 35.5. The molecule has 2 aliphatic rings. The molecule has 2 aliphatic heterocycles. The second-order valence-electron chi connectivity index (χ2n) is 8.08. The molecule has 0 spiro atoms. The number of hydrogen-bond acceptors (Lipinski definition) is 5. The standard InChI is InChI=1S/C23H28ClN3O3/c24-19-8-6-18(7-9-19)17-26-14-5-15-30-23(26)21-16-20(27(28)29)10-11-22(21)25-12-3-1-2-4-13-25/h6-11,16,23H,1-5,12-15,17H2/t23-/m0/s1. The van der Waals surface area contributed by atoms with E-state index in [2.05, 4.69) is 9.80 Å². The molecular weight excluding hydrogens is 402 g/mol. The van der Waals surface area contributed by atoms with E-state index in [1.54, 1.807) is 12.1 Å². The third-order valence-corrected chi connectivity index (χ3v) is 6.18. The van der Waals surface area contributed by atoms with Crippen LogP contribution in [0.4, 0.5) is 11.4 Å². The summed E-state index contributed by atoms with van der Waals surface area (Å²) in [7, 11) is 0. The number of rotatable bonds is 5. The van der Waals surface area contributed by atoms with Gasteiger partial charge in [0, 0.05) is 54.6 Å². The fourth-order valence-electron chi connectivity index (χ4n) is 4.41. The summed E-state index contributed by atoms with van der Waals surface area (Å²) >= 11 is 6.04.